The molecule has 0 aliphatic rings. The van der Waals surface area contributed by atoms with Crippen molar-refractivity contribution in [3.63, 3.8) is 0 Å². The molecule has 0 saturated heterocycles. The number of H-pyrrole nitrogens is 1. The van der Waals surface area contributed by atoms with Crippen molar-refractivity contribution in [2.45, 2.75) is 33.3 Å². The van der Waals surface area contributed by atoms with E-state index >= 15 is 0 Å². The third-order valence-electron chi connectivity index (χ3n) is 3.72. The first-order chi connectivity index (χ1) is 12.7. The molecule has 1 heterocycles. The van der Waals surface area contributed by atoms with Gasteiger partial charge in [0.05, 0.1) is 17.5 Å². The Morgan fingerprint density at radius 3 is 2.52 bits per heavy atom. The van der Waals surface area contributed by atoms with Gasteiger partial charge in [0, 0.05) is 25.2 Å². The molecule has 146 valence electrons. The van der Waals surface area contributed by atoms with Crippen LogP contribution in [0.15, 0.2) is 30.5 Å². The summed E-state index contributed by atoms with van der Waals surface area (Å²) in [6.45, 7) is 8.30. The average molecular weight is 376 g/mol. The maximum Gasteiger partial charge on any atom is 0.410 e. The van der Waals surface area contributed by atoms with E-state index in [1.54, 1.807) is 32.9 Å². The monoisotopic (exact) mass is 376 g/mol. The summed E-state index contributed by atoms with van der Waals surface area (Å²) in [6.07, 6.45) is 0.994. The number of rotatable bonds is 6. The fraction of sp³-hybridized carbons (Fsp3) is 0.421. The van der Waals surface area contributed by atoms with Crippen molar-refractivity contribution in [1.29, 1.82) is 0 Å². The van der Waals surface area contributed by atoms with Crippen LogP contribution in [0.1, 0.15) is 38.1 Å². The molecule has 8 heteroatoms. The van der Waals surface area contributed by atoms with Crippen molar-refractivity contribution in [3.05, 3.63) is 41.8 Å². The first kappa shape index (κ1) is 20.4. The normalized spacial score (nSPS) is 11.1. The zero-order valence-electron chi connectivity index (χ0n) is 16.0. The molecule has 7 nitrogen and oxygen atoms in total. The molecule has 0 bridgehead atoms. The Balaban J connectivity index is 1.95. The SMILES string of the molecule is CCN(CCNC(=O)c1cn[nH]c1-c1ccc(F)cc1)C(=O)OC(C)(C)C. The zero-order valence-corrected chi connectivity index (χ0v) is 16.0. The quantitative estimate of drug-likeness (QED) is 0.810. The van der Waals surface area contributed by atoms with E-state index in [9.17, 15) is 14.0 Å². The average Bonchev–Trinajstić information content (AvgIpc) is 3.07. The van der Waals surface area contributed by atoms with Gasteiger partial charge in [-0.1, -0.05) is 0 Å². The largest absolute Gasteiger partial charge is 0.444 e. The van der Waals surface area contributed by atoms with Crippen LogP contribution < -0.4 is 5.32 Å². The van der Waals surface area contributed by atoms with Gasteiger partial charge in [-0.2, -0.15) is 5.10 Å². The van der Waals surface area contributed by atoms with Crippen LogP contribution in [0, 0.1) is 5.82 Å². The van der Waals surface area contributed by atoms with Crippen molar-refractivity contribution in [2.24, 2.45) is 0 Å². The second-order valence-electron chi connectivity index (χ2n) is 6.98. The van der Waals surface area contributed by atoms with Gasteiger partial charge in [0.15, 0.2) is 0 Å². The standard InChI is InChI=1S/C19H25FN4O3/c1-5-24(18(26)27-19(2,3)4)11-10-21-17(25)15-12-22-23-16(15)13-6-8-14(20)9-7-13/h6-9,12H,5,10-11H2,1-4H3,(H,21,25)(H,22,23). The number of nitrogens with zero attached hydrogens (tertiary/aromatic N) is 2. The molecule has 1 aromatic carbocycles. The van der Waals surface area contributed by atoms with Crippen LogP contribution in [0.25, 0.3) is 11.3 Å². The van der Waals surface area contributed by atoms with Gasteiger partial charge in [-0.25, -0.2) is 9.18 Å². The first-order valence-corrected chi connectivity index (χ1v) is 8.76. The van der Waals surface area contributed by atoms with E-state index in [1.165, 1.54) is 23.2 Å². The highest BCUT2D eigenvalue weighted by Crippen LogP contribution is 2.21. The summed E-state index contributed by atoms with van der Waals surface area (Å²) < 4.78 is 18.4. The summed E-state index contributed by atoms with van der Waals surface area (Å²) in [4.78, 5) is 26.1. The third kappa shape index (κ3) is 5.80. The van der Waals surface area contributed by atoms with Gasteiger partial charge in [-0.15, -0.1) is 0 Å². The van der Waals surface area contributed by atoms with Crippen LogP contribution in [0.5, 0.6) is 0 Å². The van der Waals surface area contributed by atoms with E-state index in [0.717, 1.165) is 0 Å². The fourth-order valence-corrected chi connectivity index (χ4v) is 2.40. The number of aromatic nitrogens is 2. The molecule has 0 radical (unpaired) electrons. The molecule has 0 aliphatic heterocycles. The van der Waals surface area contributed by atoms with Crippen LogP contribution in [-0.4, -0.2) is 52.3 Å². The number of ether oxygens (including phenoxy) is 1. The molecule has 2 aromatic rings. The Bertz CT molecular complexity index is 781. The lowest BCUT2D eigenvalue weighted by atomic mass is 10.1. The molecule has 0 aliphatic carbocycles. The third-order valence-corrected chi connectivity index (χ3v) is 3.72. The van der Waals surface area contributed by atoms with Gasteiger partial charge in [-0.3, -0.25) is 9.89 Å². The number of benzene rings is 1. The number of hydrogen-bond donors (Lipinski definition) is 2. The molecule has 0 spiro atoms. The summed E-state index contributed by atoms with van der Waals surface area (Å²) >= 11 is 0. The number of halogens is 1. The predicted molar refractivity (Wildman–Crippen MR) is 99.8 cm³/mol. The molecular formula is C19H25FN4O3. The number of likely N-dealkylation sites (N-methyl/N-ethyl adjacent to an activating group) is 1. The van der Waals surface area contributed by atoms with E-state index in [4.69, 9.17) is 4.74 Å². The maximum absolute atomic E-state index is 13.1. The van der Waals surface area contributed by atoms with Gasteiger partial charge in [0.1, 0.15) is 11.4 Å². The van der Waals surface area contributed by atoms with Crippen LogP contribution in [-0.2, 0) is 4.74 Å². The van der Waals surface area contributed by atoms with Gasteiger partial charge in [-0.05, 0) is 52.0 Å². The summed E-state index contributed by atoms with van der Waals surface area (Å²) in [5.74, 6) is -0.686. The Kier molecular flexibility index (Phi) is 6.55. The topological polar surface area (TPSA) is 87.3 Å². The summed E-state index contributed by atoms with van der Waals surface area (Å²) in [6, 6.07) is 5.78. The molecule has 0 saturated carbocycles. The van der Waals surface area contributed by atoms with Gasteiger partial charge in [0.25, 0.3) is 5.91 Å². The molecule has 1 aromatic heterocycles. The van der Waals surface area contributed by atoms with Crippen LogP contribution in [0.3, 0.4) is 0 Å². The summed E-state index contributed by atoms with van der Waals surface area (Å²) in [5.41, 5.74) is 0.936. The highest BCUT2D eigenvalue weighted by Gasteiger charge is 2.21. The fourth-order valence-electron chi connectivity index (χ4n) is 2.40. The van der Waals surface area contributed by atoms with Gasteiger partial charge in [0.2, 0.25) is 0 Å². The number of carbonyl (C=O) groups is 2. The highest BCUT2D eigenvalue weighted by atomic mass is 19.1. The first-order valence-electron chi connectivity index (χ1n) is 8.76. The predicted octanol–water partition coefficient (Wildman–Crippen LogP) is 3.20. The van der Waals surface area contributed by atoms with E-state index in [0.29, 0.717) is 29.9 Å². The van der Waals surface area contributed by atoms with Crippen LogP contribution >= 0.6 is 0 Å². The van der Waals surface area contributed by atoms with E-state index in [1.807, 2.05) is 6.92 Å². The second kappa shape index (κ2) is 8.66. The van der Waals surface area contributed by atoms with Crippen molar-refractivity contribution in [2.75, 3.05) is 19.6 Å². The second-order valence-corrected chi connectivity index (χ2v) is 6.98. The number of amides is 2. The summed E-state index contributed by atoms with van der Waals surface area (Å²) in [7, 11) is 0. The van der Waals surface area contributed by atoms with Crippen molar-refractivity contribution >= 4 is 12.0 Å². The lowest BCUT2D eigenvalue weighted by molar-refractivity contribution is 0.0261. The highest BCUT2D eigenvalue weighted by molar-refractivity contribution is 5.99. The zero-order chi connectivity index (χ0) is 20.0. The molecule has 0 unspecified atom stereocenters. The number of carbonyl (C=O) groups excluding carboxylic acids is 2. The molecule has 27 heavy (non-hydrogen) atoms. The molecule has 2 rings (SSSR count). The Morgan fingerprint density at radius 1 is 1.26 bits per heavy atom. The van der Waals surface area contributed by atoms with Crippen LogP contribution in [0.4, 0.5) is 9.18 Å². The maximum atomic E-state index is 13.1. The number of aromatic amines is 1. The Hall–Kier alpha value is -2.90. The minimum Gasteiger partial charge on any atom is -0.444 e. The van der Waals surface area contributed by atoms with Crippen molar-refractivity contribution in [1.82, 2.24) is 20.4 Å². The van der Waals surface area contributed by atoms with Gasteiger partial charge < -0.3 is 15.0 Å². The smallest absolute Gasteiger partial charge is 0.410 e. The Morgan fingerprint density at radius 2 is 1.93 bits per heavy atom. The van der Waals surface area contributed by atoms with Crippen molar-refractivity contribution in [3.8, 4) is 11.3 Å². The lowest BCUT2D eigenvalue weighted by Gasteiger charge is -2.26. The minimum atomic E-state index is -0.575. The van der Waals surface area contributed by atoms with E-state index in [-0.39, 0.29) is 18.3 Å². The minimum absolute atomic E-state index is 0.264. The van der Waals surface area contributed by atoms with E-state index < -0.39 is 11.7 Å². The van der Waals surface area contributed by atoms with Crippen LogP contribution in [0.2, 0.25) is 0 Å². The number of nitrogens with one attached hydrogen (secondary N) is 2. The van der Waals surface area contributed by atoms with E-state index in [2.05, 4.69) is 15.5 Å². The number of hydrogen-bond acceptors (Lipinski definition) is 4. The molecule has 0 fully saturated rings. The Labute approximate surface area is 157 Å². The van der Waals surface area contributed by atoms with Gasteiger partial charge >= 0.3 is 6.09 Å². The molecule has 2 amide bonds. The van der Waals surface area contributed by atoms with Crippen molar-refractivity contribution < 1.29 is 18.7 Å². The molecule has 2 N–H and O–H groups in total. The molecule has 0 atom stereocenters. The lowest BCUT2D eigenvalue weighted by Crippen LogP contribution is -2.41. The summed E-state index contributed by atoms with van der Waals surface area (Å²) in [5, 5.41) is 9.43. The molecular weight excluding hydrogens is 351 g/mol.